The molecule has 1 N–H and O–H groups in total. The summed E-state index contributed by atoms with van der Waals surface area (Å²) in [5.41, 5.74) is -0.132. The van der Waals surface area contributed by atoms with Gasteiger partial charge >= 0.3 is 0 Å². The summed E-state index contributed by atoms with van der Waals surface area (Å²) in [5, 5.41) is 14.9. The molecule has 0 aliphatic heterocycles. The lowest BCUT2D eigenvalue weighted by Crippen LogP contribution is -2.60. The van der Waals surface area contributed by atoms with Gasteiger partial charge in [-0.1, -0.05) is 0 Å². The van der Waals surface area contributed by atoms with Crippen molar-refractivity contribution in [2.45, 2.75) is 10.8 Å². The van der Waals surface area contributed by atoms with E-state index in [0.717, 1.165) is 0 Å². The first kappa shape index (κ1) is 13.7. The molecular formula is C8H5B4NO4. The van der Waals surface area contributed by atoms with E-state index >= 15 is 0 Å². The van der Waals surface area contributed by atoms with Crippen LogP contribution >= 0.6 is 0 Å². The second kappa shape index (κ2) is 4.49. The Bertz CT molecular complexity index is 415. The summed E-state index contributed by atoms with van der Waals surface area (Å²) in [4.78, 5) is 9.81. The molecule has 0 amide bonds. The number of hydrogen-bond acceptors (Lipinski definition) is 4. The first-order chi connectivity index (χ1) is 7.63. The lowest BCUT2D eigenvalue weighted by atomic mass is 9.42. The summed E-state index contributed by atoms with van der Waals surface area (Å²) in [5.74, 6) is 0.0786. The number of benzene rings is 1. The van der Waals surface area contributed by atoms with Gasteiger partial charge in [-0.05, 0) is 12.1 Å². The maximum Gasteiger partial charge on any atom is 0.269 e. The Kier molecular flexibility index (Phi) is 3.62. The average Bonchev–Trinajstić information content (AvgIpc) is 2.16. The molecule has 9 heteroatoms. The molecule has 0 unspecified atom stereocenters. The molecule has 1 rings (SSSR count). The van der Waals surface area contributed by atoms with Crippen molar-refractivity contribution in [3.63, 3.8) is 0 Å². The molecule has 1 aromatic carbocycles. The monoisotopic (exact) mass is 223 g/mol. The number of nitro groups is 1. The smallest absolute Gasteiger partial charge is 0.269 e. The standard InChI is InChI=1S/C8H5B4NO4/c9-7(10,14)8(11,12)17-6-3-1-5(2-4-6)13(15)16/h1-4,14H. The van der Waals surface area contributed by atoms with Crippen LogP contribution < -0.4 is 4.74 Å². The van der Waals surface area contributed by atoms with Crippen molar-refractivity contribution in [1.29, 1.82) is 0 Å². The zero-order valence-electron chi connectivity index (χ0n) is 8.74. The number of ether oxygens (including phenoxy) is 1. The fraction of sp³-hybridized carbons (Fsp3) is 0.250. The zero-order valence-corrected chi connectivity index (χ0v) is 8.74. The van der Waals surface area contributed by atoms with Crippen molar-refractivity contribution in [3.05, 3.63) is 34.4 Å². The van der Waals surface area contributed by atoms with Gasteiger partial charge in [0.05, 0.1) is 4.92 Å². The Hall–Kier alpha value is -1.36. The van der Waals surface area contributed by atoms with Gasteiger partial charge in [0, 0.05) is 22.9 Å². The maximum absolute atomic E-state index is 10.4. The van der Waals surface area contributed by atoms with Crippen LogP contribution in [0.1, 0.15) is 0 Å². The molecule has 0 aliphatic carbocycles. The summed E-state index contributed by atoms with van der Waals surface area (Å²) in [6.07, 6.45) is 0. The van der Waals surface area contributed by atoms with E-state index in [1.54, 1.807) is 0 Å². The van der Waals surface area contributed by atoms with Crippen LogP contribution in [-0.4, -0.2) is 52.2 Å². The normalized spacial score (nSPS) is 12.1. The molecule has 0 bridgehead atoms. The van der Waals surface area contributed by atoms with E-state index in [1.807, 2.05) is 0 Å². The van der Waals surface area contributed by atoms with Crippen molar-refractivity contribution in [2.24, 2.45) is 0 Å². The van der Waals surface area contributed by atoms with Gasteiger partial charge in [-0.2, -0.15) is 0 Å². The van der Waals surface area contributed by atoms with Crippen LogP contribution in [0.25, 0.3) is 0 Å². The highest BCUT2D eigenvalue weighted by molar-refractivity contribution is 6.53. The van der Waals surface area contributed by atoms with E-state index in [4.69, 9.17) is 36.1 Å². The average molecular weight is 222 g/mol. The maximum atomic E-state index is 10.4. The molecule has 0 saturated heterocycles. The molecule has 78 valence electrons. The fourth-order valence-electron chi connectivity index (χ4n) is 0.913. The summed E-state index contributed by atoms with van der Waals surface area (Å²) < 4.78 is 4.93. The van der Waals surface area contributed by atoms with Gasteiger partial charge in [-0.15, -0.1) is 0 Å². The second-order valence-electron chi connectivity index (χ2n) is 3.47. The molecule has 0 fully saturated rings. The van der Waals surface area contributed by atoms with Gasteiger partial charge < -0.3 is 9.84 Å². The topological polar surface area (TPSA) is 72.6 Å². The molecule has 1 aromatic rings. The zero-order chi connectivity index (χ0) is 13.3. The van der Waals surface area contributed by atoms with E-state index < -0.39 is 15.7 Å². The van der Waals surface area contributed by atoms with E-state index in [0.29, 0.717) is 0 Å². The lowest BCUT2D eigenvalue weighted by Gasteiger charge is -2.40. The largest absolute Gasteiger partial charge is 0.506 e. The lowest BCUT2D eigenvalue weighted by molar-refractivity contribution is -0.384. The van der Waals surface area contributed by atoms with Crippen molar-refractivity contribution in [1.82, 2.24) is 0 Å². The third-order valence-corrected chi connectivity index (χ3v) is 1.96. The minimum atomic E-state index is -2.46. The molecule has 0 atom stereocenters. The van der Waals surface area contributed by atoms with Gasteiger partial charge in [-0.3, -0.25) is 10.1 Å². The number of non-ortho nitro benzene ring substituents is 1. The quantitative estimate of drug-likeness (QED) is 0.401. The van der Waals surface area contributed by atoms with E-state index in [2.05, 4.69) is 0 Å². The van der Waals surface area contributed by atoms with Crippen LogP contribution in [0, 0.1) is 10.1 Å². The van der Waals surface area contributed by atoms with Crippen LogP contribution in [0.3, 0.4) is 0 Å². The van der Waals surface area contributed by atoms with Crippen molar-refractivity contribution in [2.75, 3.05) is 0 Å². The molecule has 0 saturated carbocycles. The predicted octanol–water partition coefficient (Wildman–Crippen LogP) is -1.05. The Labute approximate surface area is 103 Å². The second-order valence-corrected chi connectivity index (χ2v) is 3.47. The molecule has 0 aromatic heterocycles. The first-order valence-electron chi connectivity index (χ1n) is 4.45. The molecule has 17 heavy (non-hydrogen) atoms. The highest BCUT2D eigenvalue weighted by atomic mass is 16.6. The summed E-state index contributed by atoms with van der Waals surface area (Å²) in [7, 11) is 20.9. The van der Waals surface area contributed by atoms with Crippen LogP contribution in [0.5, 0.6) is 5.75 Å². The highest BCUT2D eigenvalue weighted by Gasteiger charge is 2.34. The van der Waals surface area contributed by atoms with Crippen LogP contribution in [-0.2, 0) is 0 Å². The van der Waals surface area contributed by atoms with Gasteiger partial charge in [0.1, 0.15) is 37.1 Å². The Balaban J connectivity index is 2.86. The third kappa shape index (κ3) is 3.30. The third-order valence-electron chi connectivity index (χ3n) is 1.96. The number of aliphatic hydroxyl groups is 1. The number of hydrogen-bond donors (Lipinski definition) is 1. The minimum absolute atomic E-state index is 0.0786. The molecule has 8 radical (unpaired) electrons. The summed E-state index contributed by atoms with van der Waals surface area (Å²) >= 11 is 0. The highest BCUT2D eigenvalue weighted by Crippen LogP contribution is 2.22. The fourth-order valence-corrected chi connectivity index (χ4v) is 0.913. The van der Waals surface area contributed by atoms with Crippen molar-refractivity contribution < 1.29 is 14.8 Å². The Morgan fingerprint density at radius 3 is 2.00 bits per heavy atom. The molecule has 0 aliphatic rings. The molecule has 5 nitrogen and oxygen atoms in total. The van der Waals surface area contributed by atoms with E-state index in [9.17, 15) is 15.2 Å². The number of nitro benzene ring substituents is 1. The Morgan fingerprint density at radius 2 is 1.65 bits per heavy atom. The van der Waals surface area contributed by atoms with Crippen molar-refractivity contribution in [3.8, 4) is 5.75 Å². The van der Waals surface area contributed by atoms with Crippen LogP contribution in [0.4, 0.5) is 5.69 Å². The summed E-state index contributed by atoms with van der Waals surface area (Å²) in [6.45, 7) is 0. The van der Waals surface area contributed by atoms with Gasteiger partial charge in [0.15, 0.2) is 0 Å². The van der Waals surface area contributed by atoms with Gasteiger partial charge in [0.2, 0.25) is 0 Å². The Morgan fingerprint density at radius 1 is 1.18 bits per heavy atom. The van der Waals surface area contributed by atoms with Gasteiger partial charge in [0.25, 0.3) is 5.69 Å². The molecule has 0 spiro atoms. The molecular weight excluding hydrogens is 217 g/mol. The van der Waals surface area contributed by atoms with Gasteiger partial charge in [-0.25, -0.2) is 0 Å². The predicted molar refractivity (Wildman–Crippen MR) is 64.4 cm³/mol. The minimum Gasteiger partial charge on any atom is -0.506 e. The van der Waals surface area contributed by atoms with Crippen molar-refractivity contribution >= 4 is 37.1 Å². The summed E-state index contributed by atoms with van der Waals surface area (Å²) in [6, 6.07) is 4.85. The first-order valence-corrected chi connectivity index (χ1v) is 4.45. The van der Waals surface area contributed by atoms with E-state index in [1.165, 1.54) is 24.3 Å². The van der Waals surface area contributed by atoms with Crippen LogP contribution in [0.15, 0.2) is 24.3 Å². The number of rotatable bonds is 4. The van der Waals surface area contributed by atoms with Crippen LogP contribution in [0.2, 0.25) is 0 Å². The number of nitrogens with zero attached hydrogens (tertiary/aromatic N) is 1. The SMILES string of the molecule is [B]C([B])(O)C([B])([B])Oc1ccc([N+](=O)[O-])cc1. The molecule has 0 heterocycles. The van der Waals surface area contributed by atoms with E-state index in [-0.39, 0.29) is 11.4 Å².